The monoisotopic (exact) mass is 476 g/mol. The molecule has 0 aromatic heterocycles. The Balaban J connectivity index is 0.00000256. The first kappa shape index (κ1) is 27.9. The molecule has 0 saturated carbocycles. The molecule has 3 rings (SSSR count). The maximum Gasteiger partial charge on any atom is 0.227 e. The molecule has 1 amide bonds. The first-order valence-corrected chi connectivity index (χ1v) is 10.7. The van der Waals surface area contributed by atoms with E-state index < -0.39 is 0 Å². The Hall–Kier alpha value is -2.10. The van der Waals surface area contributed by atoms with E-state index in [0.717, 1.165) is 31.5 Å². The minimum absolute atomic E-state index is 0. The van der Waals surface area contributed by atoms with Gasteiger partial charge in [-0.25, -0.2) is 0 Å². The Morgan fingerprint density at radius 3 is 2.19 bits per heavy atom. The van der Waals surface area contributed by atoms with E-state index in [1.54, 1.807) is 0 Å². The van der Waals surface area contributed by atoms with Gasteiger partial charge in [-0.1, -0.05) is 42.5 Å². The van der Waals surface area contributed by atoms with Gasteiger partial charge in [-0.05, 0) is 63.7 Å². The van der Waals surface area contributed by atoms with Gasteiger partial charge in [0.1, 0.15) is 0 Å². The van der Waals surface area contributed by atoms with Crippen molar-refractivity contribution in [3.63, 3.8) is 0 Å². The maximum atomic E-state index is 13.4. The molecule has 2 aromatic rings. The minimum atomic E-state index is -0.105. The van der Waals surface area contributed by atoms with Crippen LogP contribution in [0.1, 0.15) is 29.5 Å². The lowest BCUT2D eigenvalue weighted by atomic mass is 9.79. The van der Waals surface area contributed by atoms with Crippen molar-refractivity contribution in [1.82, 2.24) is 15.1 Å². The number of nitrogens with one attached hydrogen (secondary N) is 1. The molecule has 2 aromatic carbocycles. The maximum absolute atomic E-state index is 13.4. The molecule has 1 unspecified atom stereocenters. The number of rotatable bonds is 7. The summed E-state index contributed by atoms with van der Waals surface area (Å²) in [5.74, 6) is 0.112. The fourth-order valence-electron chi connectivity index (χ4n) is 4.59. The third-order valence-electron chi connectivity index (χ3n) is 6.43. The summed E-state index contributed by atoms with van der Waals surface area (Å²) in [6, 6.07) is 20.3. The molecule has 1 atom stereocenters. The van der Waals surface area contributed by atoms with E-state index >= 15 is 0 Å². The van der Waals surface area contributed by atoms with Crippen molar-refractivity contribution >= 4 is 30.7 Å². The Bertz CT molecular complexity index is 873. The second kappa shape index (κ2) is 12.8. The van der Waals surface area contributed by atoms with E-state index in [-0.39, 0.29) is 42.2 Å². The smallest absolute Gasteiger partial charge is 0.227 e. The molecule has 0 radical (unpaired) electrons. The largest absolute Gasteiger partial charge is 0.342 e. The number of nitrogens with zero attached hydrogens (tertiary/aromatic N) is 3. The highest BCUT2D eigenvalue weighted by Crippen LogP contribution is 2.37. The van der Waals surface area contributed by atoms with Gasteiger partial charge in [0.05, 0.1) is 17.6 Å². The Morgan fingerprint density at radius 2 is 1.69 bits per heavy atom. The summed E-state index contributed by atoms with van der Waals surface area (Å²) in [5.41, 5.74) is 3.04. The molecule has 32 heavy (non-hydrogen) atoms. The molecule has 5 nitrogen and oxygen atoms in total. The molecule has 1 heterocycles. The molecule has 1 aliphatic heterocycles. The third kappa shape index (κ3) is 6.24. The zero-order valence-corrected chi connectivity index (χ0v) is 20.7. The molecule has 0 spiro atoms. The number of carbonyl (C=O) groups is 1. The Labute approximate surface area is 204 Å². The van der Waals surface area contributed by atoms with Crippen LogP contribution >= 0.6 is 24.8 Å². The molecule has 1 fully saturated rings. The summed E-state index contributed by atoms with van der Waals surface area (Å²) in [6.45, 7) is 2.17. The highest BCUT2D eigenvalue weighted by molar-refractivity contribution is 5.85. The van der Waals surface area contributed by atoms with Gasteiger partial charge in [0.2, 0.25) is 5.91 Å². The quantitative estimate of drug-likeness (QED) is 0.658. The zero-order chi connectivity index (χ0) is 21.6. The van der Waals surface area contributed by atoms with Crippen LogP contribution in [0.4, 0.5) is 0 Å². The first-order valence-electron chi connectivity index (χ1n) is 10.7. The van der Waals surface area contributed by atoms with Crippen LogP contribution in [0.2, 0.25) is 0 Å². The van der Waals surface area contributed by atoms with E-state index in [1.165, 1.54) is 5.56 Å². The normalized spacial score (nSPS) is 15.8. The van der Waals surface area contributed by atoms with Crippen LogP contribution in [0.25, 0.3) is 0 Å². The number of hydrogen-bond donors (Lipinski definition) is 1. The Morgan fingerprint density at radius 1 is 1.09 bits per heavy atom. The van der Waals surface area contributed by atoms with Crippen LogP contribution in [-0.2, 0) is 16.8 Å². The van der Waals surface area contributed by atoms with Crippen molar-refractivity contribution < 1.29 is 4.79 Å². The van der Waals surface area contributed by atoms with Crippen LogP contribution in [0.5, 0.6) is 0 Å². The van der Waals surface area contributed by atoms with Gasteiger partial charge >= 0.3 is 0 Å². The lowest BCUT2D eigenvalue weighted by Gasteiger charge is -2.47. The van der Waals surface area contributed by atoms with Crippen molar-refractivity contribution in [1.29, 1.82) is 5.26 Å². The van der Waals surface area contributed by atoms with Crippen molar-refractivity contribution in [2.24, 2.45) is 5.92 Å². The highest BCUT2D eigenvalue weighted by atomic mass is 35.5. The van der Waals surface area contributed by atoms with Crippen molar-refractivity contribution in [3.05, 3.63) is 71.3 Å². The van der Waals surface area contributed by atoms with E-state index in [0.29, 0.717) is 18.5 Å². The first-order chi connectivity index (χ1) is 14.5. The SMILES string of the molecule is CNCC(Cc1ccc(C#N)cc1)C(=O)N1CCC(c2ccccc2)(N(C)C)CC1.Cl.Cl. The number of benzene rings is 2. The second-order valence-corrected chi connectivity index (χ2v) is 8.38. The van der Waals surface area contributed by atoms with Gasteiger partial charge in [-0.3, -0.25) is 9.69 Å². The van der Waals surface area contributed by atoms with Crippen molar-refractivity contribution in [2.45, 2.75) is 24.8 Å². The summed E-state index contributed by atoms with van der Waals surface area (Å²) in [7, 11) is 6.17. The average Bonchev–Trinajstić information content (AvgIpc) is 2.79. The third-order valence-corrected chi connectivity index (χ3v) is 6.43. The highest BCUT2D eigenvalue weighted by Gasteiger charge is 2.40. The molecule has 0 bridgehead atoms. The summed E-state index contributed by atoms with van der Waals surface area (Å²) in [4.78, 5) is 17.7. The van der Waals surface area contributed by atoms with Crippen molar-refractivity contribution in [2.75, 3.05) is 40.8 Å². The lowest BCUT2D eigenvalue weighted by Crippen LogP contribution is -2.53. The van der Waals surface area contributed by atoms with Crippen molar-refractivity contribution in [3.8, 4) is 6.07 Å². The number of carbonyl (C=O) groups excluding carboxylic acids is 1. The predicted octanol–water partition coefficient (Wildman–Crippen LogP) is 3.86. The zero-order valence-electron chi connectivity index (χ0n) is 19.1. The number of likely N-dealkylation sites (tertiary alicyclic amines) is 1. The fourth-order valence-corrected chi connectivity index (χ4v) is 4.59. The molecule has 0 aliphatic carbocycles. The van der Waals surface area contributed by atoms with Gasteiger partial charge in [0.15, 0.2) is 0 Å². The van der Waals surface area contributed by atoms with Gasteiger partial charge < -0.3 is 10.2 Å². The van der Waals surface area contributed by atoms with Crippen LogP contribution in [-0.4, -0.2) is 56.5 Å². The average molecular weight is 477 g/mol. The lowest BCUT2D eigenvalue weighted by molar-refractivity contribution is -0.138. The second-order valence-electron chi connectivity index (χ2n) is 8.38. The van der Waals surface area contributed by atoms with Gasteiger partial charge in [0.25, 0.3) is 0 Å². The van der Waals surface area contributed by atoms with Crippen LogP contribution < -0.4 is 5.32 Å². The molecular weight excluding hydrogens is 443 g/mol. The standard InChI is InChI=1S/C25H32N4O.2ClH/c1-27-19-22(17-20-9-11-21(18-26)12-10-20)24(30)29-15-13-25(14-16-29,28(2)3)23-7-5-4-6-8-23;;/h4-12,22,27H,13-17,19H2,1-3H3;2*1H. The van der Waals surface area contributed by atoms with E-state index in [1.807, 2.05) is 36.2 Å². The van der Waals surface area contributed by atoms with E-state index in [9.17, 15) is 4.79 Å². The number of amides is 1. The Kier molecular flexibility index (Phi) is 11.2. The number of piperidine rings is 1. The number of hydrogen-bond acceptors (Lipinski definition) is 4. The van der Waals surface area contributed by atoms with E-state index in [2.05, 4.69) is 60.7 Å². The van der Waals surface area contributed by atoms with Gasteiger partial charge in [-0.2, -0.15) is 5.26 Å². The topological polar surface area (TPSA) is 59.4 Å². The molecular formula is C25H34Cl2N4O. The summed E-state index contributed by atoms with van der Waals surface area (Å²) in [6.07, 6.45) is 2.54. The van der Waals surface area contributed by atoms with Crippen LogP contribution in [0.15, 0.2) is 54.6 Å². The minimum Gasteiger partial charge on any atom is -0.342 e. The summed E-state index contributed by atoms with van der Waals surface area (Å²) < 4.78 is 0. The number of halogens is 2. The van der Waals surface area contributed by atoms with Gasteiger partial charge in [-0.15, -0.1) is 24.8 Å². The molecule has 1 aliphatic rings. The van der Waals surface area contributed by atoms with E-state index in [4.69, 9.17) is 5.26 Å². The summed E-state index contributed by atoms with van der Waals surface area (Å²) >= 11 is 0. The molecule has 174 valence electrons. The van der Waals surface area contributed by atoms with Gasteiger partial charge in [0, 0.05) is 25.2 Å². The summed E-state index contributed by atoms with van der Waals surface area (Å²) in [5, 5.41) is 12.2. The fraction of sp³-hybridized carbons (Fsp3) is 0.440. The van der Waals surface area contributed by atoms with Crippen LogP contribution in [0, 0.1) is 17.2 Å². The molecule has 1 N–H and O–H groups in total. The molecule has 1 saturated heterocycles. The number of nitriles is 1. The van der Waals surface area contributed by atoms with Crippen LogP contribution in [0.3, 0.4) is 0 Å². The predicted molar refractivity (Wildman–Crippen MR) is 134 cm³/mol. The molecule has 7 heteroatoms.